The van der Waals surface area contributed by atoms with Crippen LogP contribution in [0.2, 0.25) is 0 Å². The summed E-state index contributed by atoms with van der Waals surface area (Å²) in [6.45, 7) is 1.84. The highest BCUT2D eigenvalue weighted by Gasteiger charge is 2.04. The molecule has 1 rings (SSSR count). The molecule has 4 heteroatoms. The summed E-state index contributed by atoms with van der Waals surface area (Å²) < 4.78 is 4.44. The molecule has 74 valence electrons. The van der Waals surface area contributed by atoms with Gasteiger partial charge in [0.1, 0.15) is 5.84 Å². The van der Waals surface area contributed by atoms with Crippen LogP contribution >= 0.6 is 0 Å². The quantitative estimate of drug-likeness (QED) is 0.314. The van der Waals surface area contributed by atoms with Crippen LogP contribution in [0.4, 0.5) is 0 Å². The van der Waals surface area contributed by atoms with Crippen molar-refractivity contribution in [1.82, 2.24) is 0 Å². The third-order valence-electron chi connectivity index (χ3n) is 1.70. The van der Waals surface area contributed by atoms with E-state index in [0.717, 1.165) is 5.57 Å². The van der Waals surface area contributed by atoms with Gasteiger partial charge in [-0.3, -0.25) is 5.41 Å². The third kappa shape index (κ3) is 3.42. The fourth-order valence-electron chi connectivity index (χ4n) is 1.09. The second kappa shape index (κ2) is 5.80. The number of allylic oxidation sites excluding steroid dienone is 6. The van der Waals surface area contributed by atoms with Gasteiger partial charge in [-0.05, 0) is 25.2 Å². The Bertz CT molecular complexity index is 389. The molecule has 15 heavy (non-hydrogen) atoms. The molecule has 0 aliphatic heterocycles. The number of rotatable bonds is 2. The molecule has 1 aliphatic carbocycles. The van der Waals surface area contributed by atoms with E-state index in [4.69, 9.17) is 13.5 Å². The highest BCUT2D eigenvalue weighted by Crippen LogP contribution is 2.08. The van der Waals surface area contributed by atoms with Crippen molar-refractivity contribution in [3.8, 4) is 0 Å². The third-order valence-corrected chi connectivity index (χ3v) is 1.70. The summed E-state index contributed by atoms with van der Waals surface area (Å²) in [5.74, 6) is 0.190. The zero-order valence-corrected chi connectivity index (χ0v) is 8.47. The summed E-state index contributed by atoms with van der Waals surface area (Å²) in [5, 5.41) is 7.52. The van der Waals surface area contributed by atoms with Crippen molar-refractivity contribution in [3.05, 3.63) is 48.3 Å². The van der Waals surface area contributed by atoms with Crippen molar-refractivity contribution in [3.63, 3.8) is 0 Å². The lowest BCUT2D eigenvalue weighted by atomic mass is 10.1. The van der Waals surface area contributed by atoms with E-state index in [1.165, 1.54) is 6.26 Å². The second-order valence-electron chi connectivity index (χ2n) is 2.81. The van der Waals surface area contributed by atoms with Crippen molar-refractivity contribution in [2.75, 3.05) is 0 Å². The van der Waals surface area contributed by atoms with Crippen molar-refractivity contribution in [1.29, 1.82) is 5.41 Å². The lowest BCUT2D eigenvalue weighted by Gasteiger charge is -2.05. The average molecular weight is 198 g/mol. The van der Waals surface area contributed by atoms with E-state index in [9.17, 15) is 0 Å². The lowest BCUT2D eigenvalue weighted by molar-refractivity contribution is 0.533. The molecular weight excluding hydrogens is 187 g/mol. The van der Waals surface area contributed by atoms with Gasteiger partial charge in [0.15, 0.2) is 0 Å². The molecule has 0 spiro atoms. The smallest absolute Gasteiger partial charge is 0.373 e. The Morgan fingerprint density at radius 1 is 1.47 bits per heavy atom. The zero-order chi connectivity index (χ0) is 11.1. The minimum absolute atomic E-state index is 0.190. The van der Waals surface area contributed by atoms with Gasteiger partial charge in [0.25, 0.3) is 0 Å². The maximum atomic E-state index is 7.52. The zero-order valence-electron chi connectivity index (χ0n) is 8.47. The Morgan fingerprint density at radius 2 is 2.20 bits per heavy atom. The molecule has 2 radical (unpaired) electrons. The maximum absolute atomic E-state index is 7.52. The molecule has 0 aromatic heterocycles. The molecule has 0 atom stereocenters. The van der Waals surface area contributed by atoms with Gasteiger partial charge < -0.3 is 4.65 Å². The molecule has 0 unspecified atom stereocenters. The summed E-state index contributed by atoms with van der Waals surface area (Å²) in [6.07, 6.45) is 12.1. The van der Waals surface area contributed by atoms with Gasteiger partial charge in [0, 0.05) is 5.57 Å². The fraction of sp³-hybridized carbons (Fsp3) is 0.0909. The molecule has 0 saturated heterocycles. The number of hydrogen-bond donors (Lipinski definition) is 1. The number of aliphatic imine (C=N–C) groups is 1. The average Bonchev–Trinajstić information content (AvgIpc) is 2.21. The van der Waals surface area contributed by atoms with Crippen molar-refractivity contribution >= 4 is 19.6 Å². The first-order valence-corrected chi connectivity index (χ1v) is 4.48. The van der Waals surface area contributed by atoms with Gasteiger partial charge in [-0.1, -0.05) is 18.2 Å². The van der Waals surface area contributed by atoms with E-state index in [1.807, 2.05) is 25.2 Å². The summed E-state index contributed by atoms with van der Waals surface area (Å²) in [5.41, 5.74) is 1.40. The van der Waals surface area contributed by atoms with Crippen molar-refractivity contribution in [2.24, 2.45) is 4.99 Å². The predicted molar refractivity (Wildman–Crippen MR) is 63.2 cm³/mol. The van der Waals surface area contributed by atoms with E-state index < -0.39 is 0 Å². The molecule has 0 heterocycles. The predicted octanol–water partition coefficient (Wildman–Crippen LogP) is 2.09. The van der Waals surface area contributed by atoms with E-state index in [-0.39, 0.29) is 5.84 Å². The Hall–Kier alpha value is -1.84. The highest BCUT2D eigenvalue weighted by atomic mass is 16.4. The van der Waals surface area contributed by atoms with Gasteiger partial charge in [0.05, 0.1) is 12.0 Å². The van der Waals surface area contributed by atoms with E-state index in [2.05, 4.69) is 9.65 Å². The van der Waals surface area contributed by atoms with Crippen molar-refractivity contribution < 1.29 is 4.65 Å². The lowest BCUT2D eigenvalue weighted by Crippen LogP contribution is -2.03. The molecular formula is C11H11BN2O. The van der Waals surface area contributed by atoms with E-state index in [0.29, 0.717) is 5.71 Å². The summed E-state index contributed by atoms with van der Waals surface area (Å²) in [6, 6.07) is 0. The highest BCUT2D eigenvalue weighted by molar-refractivity contribution is 6.17. The Balaban J connectivity index is 2.92. The van der Waals surface area contributed by atoms with Gasteiger partial charge >= 0.3 is 8.05 Å². The standard InChI is InChI=1S/C11H11BN2O/c1-2-5-11(13)14-10-7-4-3-6-9(10)8-15-12/h2-8,13H,1H3/b5-2+,9-8-,13-11?,14-10?. The molecule has 0 saturated carbocycles. The Kier molecular flexibility index (Phi) is 4.35. The molecule has 1 aliphatic rings. The van der Waals surface area contributed by atoms with Crippen LogP contribution in [0.15, 0.2) is 53.3 Å². The van der Waals surface area contributed by atoms with Gasteiger partial charge in [-0.15, -0.1) is 0 Å². The molecule has 1 N–H and O–H groups in total. The monoisotopic (exact) mass is 198 g/mol. The minimum Gasteiger partial charge on any atom is -0.572 e. The SMILES string of the molecule is [B]O/C=C1/C=CC=CC1=NC(=N)/C=C/C. The van der Waals surface area contributed by atoms with Gasteiger partial charge in [0.2, 0.25) is 0 Å². The van der Waals surface area contributed by atoms with E-state index in [1.54, 1.807) is 18.2 Å². The van der Waals surface area contributed by atoms with Crippen LogP contribution in [-0.4, -0.2) is 19.6 Å². The number of nitrogens with zero attached hydrogens (tertiary/aromatic N) is 1. The van der Waals surface area contributed by atoms with E-state index >= 15 is 0 Å². The van der Waals surface area contributed by atoms with Crippen LogP contribution in [0.25, 0.3) is 0 Å². The minimum atomic E-state index is 0.190. The number of amidine groups is 1. The largest absolute Gasteiger partial charge is 0.572 e. The molecule has 0 fully saturated rings. The van der Waals surface area contributed by atoms with Crippen LogP contribution in [0.3, 0.4) is 0 Å². The molecule has 0 aromatic rings. The first kappa shape index (κ1) is 11.2. The molecule has 0 bridgehead atoms. The first-order valence-electron chi connectivity index (χ1n) is 4.48. The molecule has 0 aromatic carbocycles. The van der Waals surface area contributed by atoms with Crippen LogP contribution < -0.4 is 0 Å². The summed E-state index contributed by atoms with van der Waals surface area (Å²) >= 11 is 0. The van der Waals surface area contributed by atoms with Crippen molar-refractivity contribution in [2.45, 2.75) is 6.92 Å². The Labute approximate surface area is 90.5 Å². The summed E-state index contributed by atoms with van der Waals surface area (Å²) in [7, 11) is 4.95. The maximum Gasteiger partial charge on any atom is 0.373 e. The topological polar surface area (TPSA) is 45.4 Å². The Morgan fingerprint density at radius 3 is 2.87 bits per heavy atom. The molecule has 0 amide bonds. The fourth-order valence-corrected chi connectivity index (χ4v) is 1.09. The second-order valence-corrected chi connectivity index (χ2v) is 2.81. The first-order chi connectivity index (χ1) is 7.27. The van der Waals surface area contributed by atoms with Gasteiger partial charge in [-0.25, -0.2) is 4.99 Å². The van der Waals surface area contributed by atoms with Gasteiger partial charge in [-0.2, -0.15) is 0 Å². The van der Waals surface area contributed by atoms with Crippen LogP contribution in [0, 0.1) is 5.41 Å². The number of nitrogens with one attached hydrogen (secondary N) is 1. The molecule has 3 nitrogen and oxygen atoms in total. The van der Waals surface area contributed by atoms with Crippen LogP contribution in [-0.2, 0) is 4.65 Å². The number of hydrogen-bond acceptors (Lipinski definition) is 2. The summed E-state index contributed by atoms with van der Waals surface area (Å²) in [4.78, 5) is 4.10. The van der Waals surface area contributed by atoms with Crippen LogP contribution in [0.5, 0.6) is 0 Å². The normalized spacial score (nSPS) is 20.3. The van der Waals surface area contributed by atoms with Crippen LogP contribution in [0.1, 0.15) is 6.92 Å².